The van der Waals surface area contributed by atoms with Crippen LogP contribution in [0, 0.1) is 5.82 Å². The maximum Gasteiger partial charge on any atom is 0.123 e. The first-order chi connectivity index (χ1) is 9.24. The summed E-state index contributed by atoms with van der Waals surface area (Å²) in [7, 11) is 0. The van der Waals surface area contributed by atoms with Crippen molar-refractivity contribution in [2.75, 3.05) is 13.2 Å². The molecule has 19 heavy (non-hydrogen) atoms. The Morgan fingerprint density at radius 1 is 1.26 bits per heavy atom. The highest BCUT2D eigenvalue weighted by Gasteiger charge is 2.21. The summed E-state index contributed by atoms with van der Waals surface area (Å²) in [5, 5.41) is 9.51. The first kappa shape index (κ1) is 14.4. The molecule has 0 bridgehead atoms. The summed E-state index contributed by atoms with van der Waals surface area (Å²) < 4.78 is 13.2. The number of hydrogen-bond acceptors (Lipinski definition) is 3. The Morgan fingerprint density at radius 2 is 2.11 bits per heavy atom. The van der Waals surface area contributed by atoms with Crippen LogP contribution in [-0.2, 0) is 13.1 Å². The lowest BCUT2D eigenvalue weighted by atomic mass is 10.1. The molecule has 0 aromatic heterocycles. The van der Waals surface area contributed by atoms with E-state index < -0.39 is 0 Å². The van der Waals surface area contributed by atoms with Gasteiger partial charge in [0.2, 0.25) is 0 Å². The largest absolute Gasteiger partial charge is 0.395 e. The van der Waals surface area contributed by atoms with Crippen LogP contribution in [0.4, 0.5) is 4.39 Å². The fraction of sp³-hybridized carbons (Fsp3) is 0.600. The second-order valence-corrected chi connectivity index (χ2v) is 5.27. The highest BCUT2D eigenvalue weighted by atomic mass is 19.1. The summed E-state index contributed by atoms with van der Waals surface area (Å²) in [6.45, 7) is 2.29. The number of rotatable bonds is 4. The average Bonchev–Trinajstić information content (AvgIpc) is 2.65. The molecule has 1 heterocycles. The van der Waals surface area contributed by atoms with Gasteiger partial charge in [0.15, 0.2) is 0 Å². The number of halogens is 1. The van der Waals surface area contributed by atoms with E-state index in [1.807, 2.05) is 6.07 Å². The topological polar surface area (TPSA) is 49.5 Å². The minimum Gasteiger partial charge on any atom is -0.395 e. The normalized spacial score (nSPS) is 21.3. The second kappa shape index (κ2) is 6.98. The Kier molecular flexibility index (Phi) is 5.31. The Hall–Kier alpha value is -0.970. The lowest BCUT2D eigenvalue weighted by Crippen LogP contribution is -2.37. The summed E-state index contributed by atoms with van der Waals surface area (Å²) in [5.41, 5.74) is 7.62. The number of hydrogen-bond donors (Lipinski definition) is 2. The molecule has 1 saturated heterocycles. The predicted octanol–water partition coefficient (Wildman–Crippen LogP) is 2.02. The summed E-state index contributed by atoms with van der Waals surface area (Å²) in [6, 6.07) is 5.04. The molecule has 106 valence electrons. The Balaban J connectivity index is 2.13. The minimum atomic E-state index is -0.237. The van der Waals surface area contributed by atoms with Crippen molar-refractivity contribution in [2.24, 2.45) is 5.73 Å². The van der Waals surface area contributed by atoms with Gasteiger partial charge in [-0.2, -0.15) is 0 Å². The van der Waals surface area contributed by atoms with Crippen LogP contribution >= 0.6 is 0 Å². The van der Waals surface area contributed by atoms with Crippen LogP contribution in [0.5, 0.6) is 0 Å². The molecular weight excluding hydrogens is 243 g/mol. The zero-order valence-electron chi connectivity index (χ0n) is 11.3. The molecule has 0 radical (unpaired) electrons. The van der Waals surface area contributed by atoms with Gasteiger partial charge in [0, 0.05) is 19.1 Å². The Labute approximate surface area is 114 Å². The van der Waals surface area contributed by atoms with Gasteiger partial charge < -0.3 is 10.8 Å². The molecular formula is C15H23FN2O. The van der Waals surface area contributed by atoms with Crippen molar-refractivity contribution in [3.05, 3.63) is 35.1 Å². The number of nitrogens with zero attached hydrogens (tertiary/aromatic N) is 1. The van der Waals surface area contributed by atoms with Gasteiger partial charge in [0.1, 0.15) is 5.82 Å². The van der Waals surface area contributed by atoms with Crippen molar-refractivity contribution >= 4 is 0 Å². The lowest BCUT2D eigenvalue weighted by molar-refractivity contribution is 0.118. The molecule has 1 aromatic rings. The smallest absolute Gasteiger partial charge is 0.123 e. The van der Waals surface area contributed by atoms with E-state index in [9.17, 15) is 9.50 Å². The fourth-order valence-electron chi connectivity index (χ4n) is 2.81. The summed E-state index contributed by atoms with van der Waals surface area (Å²) in [5.74, 6) is -0.237. The summed E-state index contributed by atoms with van der Waals surface area (Å²) in [6.07, 6.45) is 4.60. The molecule has 2 rings (SSSR count). The SMILES string of the molecule is NCc1cc(F)ccc1CN1CCCCCC1CO. The predicted molar refractivity (Wildman–Crippen MR) is 74.0 cm³/mol. The zero-order chi connectivity index (χ0) is 13.7. The lowest BCUT2D eigenvalue weighted by Gasteiger charge is -2.29. The first-order valence-electron chi connectivity index (χ1n) is 7.07. The third kappa shape index (κ3) is 3.75. The van der Waals surface area contributed by atoms with Crippen molar-refractivity contribution in [2.45, 2.75) is 44.8 Å². The van der Waals surface area contributed by atoms with Crippen LogP contribution in [0.25, 0.3) is 0 Å². The third-order valence-corrected chi connectivity index (χ3v) is 3.97. The maximum atomic E-state index is 13.2. The minimum absolute atomic E-state index is 0.194. The number of benzene rings is 1. The number of aliphatic hydroxyl groups excluding tert-OH is 1. The van der Waals surface area contributed by atoms with Crippen molar-refractivity contribution < 1.29 is 9.50 Å². The van der Waals surface area contributed by atoms with Crippen molar-refractivity contribution in [3.63, 3.8) is 0 Å². The Morgan fingerprint density at radius 3 is 2.84 bits per heavy atom. The summed E-state index contributed by atoms with van der Waals surface area (Å²) >= 11 is 0. The Bertz CT molecular complexity index is 411. The van der Waals surface area contributed by atoms with E-state index >= 15 is 0 Å². The maximum absolute atomic E-state index is 13.2. The van der Waals surface area contributed by atoms with E-state index in [0.717, 1.165) is 37.1 Å². The molecule has 1 aliphatic heterocycles. The average molecular weight is 266 g/mol. The molecule has 3 N–H and O–H groups in total. The molecule has 0 aliphatic carbocycles. The second-order valence-electron chi connectivity index (χ2n) is 5.27. The molecule has 0 saturated carbocycles. The van der Waals surface area contributed by atoms with Crippen molar-refractivity contribution in [3.8, 4) is 0 Å². The molecule has 4 heteroatoms. The first-order valence-corrected chi connectivity index (χ1v) is 7.07. The number of likely N-dealkylation sites (tertiary alicyclic amines) is 1. The molecule has 1 unspecified atom stereocenters. The fourth-order valence-corrected chi connectivity index (χ4v) is 2.81. The third-order valence-electron chi connectivity index (χ3n) is 3.97. The van der Waals surface area contributed by atoms with E-state index in [4.69, 9.17) is 5.73 Å². The molecule has 1 fully saturated rings. The molecule has 0 spiro atoms. The van der Waals surface area contributed by atoms with Crippen LogP contribution in [-0.4, -0.2) is 29.2 Å². The van der Waals surface area contributed by atoms with Crippen LogP contribution < -0.4 is 5.73 Å². The van der Waals surface area contributed by atoms with Crippen LogP contribution in [0.2, 0.25) is 0 Å². The van der Waals surface area contributed by atoms with Crippen LogP contribution in [0.15, 0.2) is 18.2 Å². The molecule has 1 atom stereocenters. The highest BCUT2D eigenvalue weighted by molar-refractivity contribution is 5.27. The van der Waals surface area contributed by atoms with Crippen LogP contribution in [0.3, 0.4) is 0 Å². The number of nitrogens with two attached hydrogens (primary N) is 1. The van der Waals surface area contributed by atoms with Gasteiger partial charge in [-0.05, 0) is 42.6 Å². The van der Waals surface area contributed by atoms with Gasteiger partial charge in [-0.15, -0.1) is 0 Å². The molecule has 0 amide bonds. The number of aliphatic hydroxyl groups is 1. The molecule has 3 nitrogen and oxygen atoms in total. The van der Waals surface area contributed by atoms with Gasteiger partial charge in [0.25, 0.3) is 0 Å². The van der Waals surface area contributed by atoms with Gasteiger partial charge >= 0.3 is 0 Å². The van der Waals surface area contributed by atoms with Gasteiger partial charge in [-0.3, -0.25) is 4.90 Å². The molecule has 1 aliphatic rings. The zero-order valence-corrected chi connectivity index (χ0v) is 11.3. The monoisotopic (exact) mass is 266 g/mol. The van der Waals surface area contributed by atoms with E-state index in [-0.39, 0.29) is 18.5 Å². The van der Waals surface area contributed by atoms with E-state index in [2.05, 4.69) is 4.90 Å². The van der Waals surface area contributed by atoms with Gasteiger partial charge in [-0.1, -0.05) is 18.9 Å². The highest BCUT2D eigenvalue weighted by Crippen LogP contribution is 2.21. The van der Waals surface area contributed by atoms with Crippen molar-refractivity contribution in [1.29, 1.82) is 0 Å². The van der Waals surface area contributed by atoms with Gasteiger partial charge in [0.05, 0.1) is 6.61 Å². The van der Waals surface area contributed by atoms with E-state index in [1.54, 1.807) is 0 Å². The summed E-state index contributed by atoms with van der Waals surface area (Å²) in [4.78, 5) is 2.30. The van der Waals surface area contributed by atoms with Crippen molar-refractivity contribution in [1.82, 2.24) is 4.90 Å². The quantitative estimate of drug-likeness (QED) is 0.876. The molecule has 1 aromatic carbocycles. The van der Waals surface area contributed by atoms with Crippen LogP contribution in [0.1, 0.15) is 36.8 Å². The van der Waals surface area contributed by atoms with E-state index in [0.29, 0.717) is 6.54 Å². The van der Waals surface area contributed by atoms with E-state index in [1.165, 1.54) is 25.0 Å². The standard InChI is InChI=1S/C15H23FN2O/c16-14-6-5-12(13(8-14)9-17)10-18-7-3-1-2-4-15(18)11-19/h5-6,8,15,19H,1-4,7,9-11,17H2. The van der Waals surface area contributed by atoms with Gasteiger partial charge in [-0.25, -0.2) is 4.39 Å².